The van der Waals surface area contributed by atoms with Gasteiger partial charge < -0.3 is 10.3 Å². The zero-order chi connectivity index (χ0) is 14.8. The average Bonchev–Trinajstić information content (AvgIpc) is 2.46. The van der Waals surface area contributed by atoms with Crippen molar-refractivity contribution in [3.63, 3.8) is 0 Å². The van der Waals surface area contributed by atoms with Gasteiger partial charge in [0.05, 0.1) is 0 Å². The van der Waals surface area contributed by atoms with Crippen LogP contribution in [0.1, 0.15) is 31.1 Å². The molecule has 2 aromatic carbocycles. The molecule has 0 saturated heterocycles. The topological polar surface area (TPSA) is 43.4 Å². The van der Waals surface area contributed by atoms with E-state index in [1.807, 2.05) is 42.5 Å². The summed E-state index contributed by atoms with van der Waals surface area (Å²) in [4.78, 5) is 12.1. The van der Waals surface area contributed by atoms with Crippen LogP contribution in [-0.4, -0.2) is 16.5 Å². The van der Waals surface area contributed by atoms with E-state index >= 15 is 0 Å². The summed E-state index contributed by atoms with van der Waals surface area (Å²) in [7, 11) is 0. The van der Waals surface area contributed by atoms with Gasteiger partial charge in [-0.15, -0.1) is 0 Å². The van der Waals surface area contributed by atoms with Gasteiger partial charge in [-0.1, -0.05) is 42.5 Å². The molecule has 0 aromatic heterocycles. The lowest BCUT2D eigenvalue weighted by Gasteiger charge is -2.41. The molecular formula is C17H18NO2-. The van der Waals surface area contributed by atoms with Crippen molar-refractivity contribution < 1.29 is 4.79 Å². The number of amides is 1. The van der Waals surface area contributed by atoms with Crippen molar-refractivity contribution in [2.75, 3.05) is 0 Å². The lowest BCUT2D eigenvalue weighted by Crippen LogP contribution is -2.41. The number of hydrogen-bond acceptors (Lipinski definition) is 2. The van der Waals surface area contributed by atoms with Crippen molar-refractivity contribution in [1.29, 1.82) is 0 Å². The maximum absolute atomic E-state index is 12.1. The van der Waals surface area contributed by atoms with Crippen molar-refractivity contribution in [2.45, 2.75) is 26.3 Å². The van der Waals surface area contributed by atoms with Crippen LogP contribution in [0.2, 0.25) is 0 Å². The van der Waals surface area contributed by atoms with Crippen molar-refractivity contribution in [2.24, 2.45) is 0 Å². The maximum Gasteiger partial charge on any atom is 0.243 e. The Kier molecular flexibility index (Phi) is 3.91. The summed E-state index contributed by atoms with van der Waals surface area (Å²) >= 11 is 0. The molecule has 0 aliphatic carbocycles. The van der Waals surface area contributed by atoms with Gasteiger partial charge in [-0.2, -0.15) is 0 Å². The van der Waals surface area contributed by atoms with E-state index in [-0.39, 0.29) is 0 Å². The van der Waals surface area contributed by atoms with Crippen LogP contribution in [-0.2, 0) is 0 Å². The third-order valence-corrected chi connectivity index (χ3v) is 3.03. The van der Waals surface area contributed by atoms with Crippen LogP contribution in [0, 0.1) is 5.21 Å². The summed E-state index contributed by atoms with van der Waals surface area (Å²) in [5.74, 6) is -0.503. The first-order chi connectivity index (χ1) is 9.39. The molecule has 20 heavy (non-hydrogen) atoms. The molecule has 2 aromatic rings. The minimum atomic E-state index is -0.727. The molecule has 0 atom stereocenters. The zero-order valence-electron chi connectivity index (χ0n) is 12.0. The van der Waals surface area contributed by atoms with Crippen LogP contribution in [0.25, 0.3) is 11.1 Å². The largest absolute Gasteiger partial charge is 0.756 e. The molecule has 0 unspecified atom stereocenters. The summed E-state index contributed by atoms with van der Waals surface area (Å²) in [6, 6.07) is 17.0. The first-order valence-corrected chi connectivity index (χ1v) is 6.57. The second-order valence-corrected chi connectivity index (χ2v) is 5.71. The Balaban J connectivity index is 2.23. The molecule has 0 aliphatic rings. The Bertz CT molecular complexity index is 583. The molecule has 1 amide bonds. The lowest BCUT2D eigenvalue weighted by atomic mass is 10.0. The molecule has 0 radical (unpaired) electrons. The summed E-state index contributed by atoms with van der Waals surface area (Å²) in [5.41, 5.74) is 1.79. The second kappa shape index (κ2) is 5.47. The van der Waals surface area contributed by atoms with Crippen LogP contribution in [0.5, 0.6) is 0 Å². The minimum Gasteiger partial charge on any atom is -0.756 e. The van der Waals surface area contributed by atoms with Gasteiger partial charge in [0, 0.05) is 11.1 Å². The fraction of sp³-hybridized carbons (Fsp3) is 0.235. The van der Waals surface area contributed by atoms with Crippen LogP contribution >= 0.6 is 0 Å². The molecule has 3 nitrogen and oxygen atoms in total. The van der Waals surface area contributed by atoms with Gasteiger partial charge in [-0.05, 0) is 44.0 Å². The van der Waals surface area contributed by atoms with Crippen molar-refractivity contribution in [3.05, 3.63) is 65.4 Å². The summed E-state index contributed by atoms with van der Waals surface area (Å²) in [6.07, 6.45) is 0. The highest BCUT2D eigenvalue weighted by Crippen LogP contribution is 2.21. The first kappa shape index (κ1) is 14.3. The number of hydrogen-bond donors (Lipinski definition) is 0. The van der Waals surface area contributed by atoms with Gasteiger partial charge in [-0.3, -0.25) is 4.79 Å². The van der Waals surface area contributed by atoms with Crippen LogP contribution in [0.4, 0.5) is 0 Å². The number of carbonyl (C=O) groups excluding carboxylic acids is 1. The third-order valence-electron chi connectivity index (χ3n) is 3.03. The Hall–Kier alpha value is -2.13. The van der Waals surface area contributed by atoms with Gasteiger partial charge in [0.15, 0.2) is 0 Å². The molecule has 2 rings (SSSR count). The van der Waals surface area contributed by atoms with Gasteiger partial charge in [0.1, 0.15) is 0 Å². The van der Waals surface area contributed by atoms with Gasteiger partial charge in [0.2, 0.25) is 5.91 Å². The fourth-order valence-corrected chi connectivity index (χ4v) is 1.86. The normalized spacial score (nSPS) is 11.2. The zero-order valence-corrected chi connectivity index (χ0v) is 12.0. The molecule has 3 heteroatoms. The Labute approximate surface area is 119 Å². The highest BCUT2D eigenvalue weighted by Gasteiger charge is 2.19. The Morgan fingerprint density at radius 3 is 1.90 bits per heavy atom. The smallest absolute Gasteiger partial charge is 0.243 e. The van der Waals surface area contributed by atoms with Crippen LogP contribution in [0.3, 0.4) is 0 Å². The van der Waals surface area contributed by atoms with Gasteiger partial charge in [-0.25, -0.2) is 0 Å². The van der Waals surface area contributed by atoms with E-state index in [4.69, 9.17) is 0 Å². The van der Waals surface area contributed by atoms with E-state index in [9.17, 15) is 10.0 Å². The SMILES string of the molecule is CC(C)(C)N([O-])C(=O)c1ccc(-c2ccccc2)cc1. The minimum absolute atomic E-state index is 0.412. The number of hydroxylamine groups is 2. The molecule has 0 fully saturated rings. The predicted octanol–water partition coefficient (Wildman–Crippen LogP) is 4.09. The lowest BCUT2D eigenvalue weighted by molar-refractivity contribution is 0.0705. The van der Waals surface area contributed by atoms with Crippen molar-refractivity contribution in [1.82, 2.24) is 5.06 Å². The third kappa shape index (κ3) is 3.06. The van der Waals surface area contributed by atoms with Crippen LogP contribution in [0.15, 0.2) is 54.6 Å². The second-order valence-electron chi connectivity index (χ2n) is 5.71. The average molecular weight is 268 g/mol. The first-order valence-electron chi connectivity index (χ1n) is 6.57. The number of nitrogens with zero attached hydrogens (tertiary/aromatic N) is 1. The van der Waals surface area contributed by atoms with Crippen molar-refractivity contribution in [3.8, 4) is 11.1 Å². The highest BCUT2D eigenvalue weighted by molar-refractivity contribution is 5.95. The summed E-state index contributed by atoms with van der Waals surface area (Å²) in [5, 5.41) is 12.4. The number of rotatable bonds is 2. The number of benzene rings is 2. The molecule has 0 spiro atoms. The quantitative estimate of drug-likeness (QED) is 0.770. The molecule has 0 bridgehead atoms. The molecule has 0 N–H and O–H groups in total. The molecular weight excluding hydrogens is 250 g/mol. The van der Waals surface area contributed by atoms with E-state index in [2.05, 4.69) is 0 Å². The van der Waals surface area contributed by atoms with E-state index in [1.165, 1.54) is 0 Å². The van der Waals surface area contributed by atoms with Gasteiger partial charge >= 0.3 is 0 Å². The molecule has 0 saturated carbocycles. The summed E-state index contributed by atoms with van der Waals surface area (Å²) in [6.45, 7) is 5.16. The van der Waals surface area contributed by atoms with E-state index < -0.39 is 11.4 Å². The Morgan fingerprint density at radius 2 is 1.40 bits per heavy atom. The van der Waals surface area contributed by atoms with Gasteiger partial charge in [0.25, 0.3) is 0 Å². The molecule has 104 valence electrons. The predicted molar refractivity (Wildman–Crippen MR) is 81.2 cm³/mol. The van der Waals surface area contributed by atoms with Crippen molar-refractivity contribution >= 4 is 5.91 Å². The van der Waals surface area contributed by atoms with E-state index in [1.54, 1.807) is 32.9 Å². The highest BCUT2D eigenvalue weighted by atomic mass is 16.5. The molecule has 0 aliphatic heterocycles. The standard InChI is InChI=1S/C17H18NO2/c1-17(2,3)18(20)16(19)15-11-9-14(10-12-15)13-7-5-4-6-8-13/h4-12H,1-3H3/q-1. The van der Waals surface area contributed by atoms with Crippen LogP contribution < -0.4 is 0 Å². The monoisotopic (exact) mass is 268 g/mol. The Morgan fingerprint density at radius 1 is 0.900 bits per heavy atom. The van der Waals surface area contributed by atoms with E-state index in [0.717, 1.165) is 11.1 Å². The fourth-order valence-electron chi connectivity index (χ4n) is 1.86. The maximum atomic E-state index is 12.1. The van der Waals surface area contributed by atoms with E-state index in [0.29, 0.717) is 10.6 Å². The molecule has 0 heterocycles. The number of carbonyl (C=O) groups is 1. The summed E-state index contributed by atoms with van der Waals surface area (Å²) < 4.78 is 0.